The molecule has 78 valence electrons. The maximum atomic E-state index is 3.34. The third-order valence-electron chi connectivity index (χ3n) is 2.09. The second-order valence-corrected chi connectivity index (χ2v) is 4.54. The molecule has 0 bridgehead atoms. The minimum Gasteiger partial charge on any atom is -0.303 e. The molecule has 0 saturated carbocycles. The van der Waals surface area contributed by atoms with Crippen LogP contribution >= 0.6 is 15.9 Å². The van der Waals surface area contributed by atoms with Crippen LogP contribution in [0, 0.1) is 5.92 Å². The van der Waals surface area contributed by atoms with Gasteiger partial charge in [0.05, 0.1) is 5.45 Å². The van der Waals surface area contributed by atoms with Crippen molar-refractivity contribution in [3.63, 3.8) is 0 Å². The van der Waals surface area contributed by atoms with E-state index in [-0.39, 0.29) is 0 Å². The molecule has 1 nitrogen and oxygen atoms in total. The Bertz CT molecular complexity index is 254. The van der Waals surface area contributed by atoms with Crippen LogP contribution in [-0.2, 0) is 13.0 Å². The molecule has 1 N–H and O–H groups in total. The van der Waals surface area contributed by atoms with E-state index in [4.69, 9.17) is 0 Å². The summed E-state index contributed by atoms with van der Waals surface area (Å²) >= 11 is 3.34. The topological polar surface area (TPSA) is 12.0 Å². The van der Waals surface area contributed by atoms with Crippen molar-refractivity contribution in [1.82, 2.24) is 5.32 Å². The summed E-state index contributed by atoms with van der Waals surface area (Å²) in [6.45, 7) is 5.44. The summed E-state index contributed by atoms with van der Waals surface area (Å²) in [5.74, 6) is 0.738. The number of halogens is 1. The minimum atomic E-state index is 0.738. The van der Waals surface area contributed by atoms with Crippen molar-refractivity contribution in [1.29, 1.82) is 0 Å². The average molecular weight is 256 g/mol. The molecule has 0 heterocycles. The van der Waals surface area contributed by atoms with Crippen molar-refractivity contribution in [3.05, 3.63) is 35.4 Å². The molecule has 0 aliphatic carbocycles. The van der Waals surface area contributed by atoms with Crippen LogP contribution in [0.5, 0.6) is 0 Å². The van der Waals surface area contributed by atoms with Crippen molar-refractivity contribution >= 4 is 15.9 Å². The second kappa shape index (κ2) is 6.20. The Morgan fingerprint density at radius 1 is 1.14 bits per heavy atom. The summed E-state index contributed by atoms with van der Waals surface area (Å²) in [4.78, 5) is 0. The predicted octanol–water partition coefficient (Wildman–Crippen LogP) is 3.33. The number of benzene rings is 1. The van der Waals surface area contributed by atoms with Gasteiger partial charge in [0.1, 0.15) is 0 Å². The summed E-state index contributed by atoms with van der Waals surface area (Å²) < 4.78 is 0. The van der Waals surface area contributed by atoms with Gasteiger partial charge in [0.15, 0.2) is 0 Å². The monoisotopic (exact) mass is 255 g/mol. The smallest absolute Gasteiger partial charge is 0.0519 e. The lowest BCUT2D eigenvalue weighted by Gasteiger charge is -2.06. The van der Waals surface area contributed by atoms with E-state index in [1.165, 1.54) is 17.5 Å². The molecule has 0 amide bonds. The summed E-state index contributed by atoms with van der Waals surface area (Å²) in [6, 6.07) is 8.86. The maximum Gasteiger partial charge on any atom is 0.0519 e. The zero-order valence-electron chi connectivity index (χ0n) is 8.89. The van der Waals surface area contributed by atoms with Gasteiger partial charge in [0, 0.05) is 6.54 Å². The van der Waals surface area contributed by atoms with E-state index in [9.17, 15) is 0 Å². The van der Waals surface area contributed by atoms with Crippen molar-refractivity contribution in [2.24, 2.45) is 5.92 Å². The maximum absolute atomic E-state index is 3.34. The third kappa shape index (κ3) is 4.25. The number of alkyl halides is 1. The van der Waals surface area contributed by atoms with Gasteiger partial charge in [-0.1, -0.05) is 54.0 Å². The van der Waals surface area contributed by atoms with Gasteiger partial charge in [-0.05, 0) is 23.5 Å². The highest BCUT2D eigenvalue weighted by Crippen LogP contribution is 2.09. The van der Waals surface area contributed by atoms with Gasteiger partial charge >= 0.3 is 0 Å². The van der Waals surface area contributed by atoms with E-state index in [2.05, 4.69) is 59.4 Å². The second-order valence-electron chi connectivity index (χ2n) is 3.97. The molecule has 0 unspecified atom stereocenters. The van der Waals surface area contributed by atoms with Crippen LogP contribution < -0.4 is 5.32 Å². The molecular formula is C12H18BrN. The first-order valence-electron chi connectivity index (χ1n) is 5.07. The lowest BCUT2D eigenvalue weighted by atomic mass is 10.0. The Morgan fingerprint density at radius 2 is 1.71 bits per heavy atom. The van der Waals surface area contributed by atoms with Crippen LogP contribution in [0.25, 0.3) is 0 Å². The van der Waals surface area contributed by atoms with Gasteiger partial charge in [-0.25, -0.2) is 0 Å². The summed E-state index contributed by atoms with van der Waals surface area (Å²) in [6.07, 6.45) is 1.17. The number of hydrogen-bond donors (Lipinski definition) is 1. The SMILES string of the molecule is CC(C)Cc1ccc(CNCBr)cc1. The molecule has 0 atom stereocenters. The summed E-state index contributed by atoms with van der Waals surface area (Å²) in [7, 11) is 0. The Hall–Kier alpha value is -0.340. The fourth-order valence-electron chi connectivity index (χ4n) is 1.46. The van der Waals surface area contributed by atoms with E-state index in [1.807, 2.05) is 0 Å². The van der Waals surface area contributed by atoms with Crippen LogP contribution in [0.1, 0.15) is 25.0 Å². The number of nitrogens with one attached hydrogen (secondary N) is 1. The molecule has 2 heteroatoms. The molecule has 0 fully saturated rings. The zero-order valence-corrected chi connectivity index (χ0v) is 10.5. The van der Waals surface area contributed by atoms with E-state index < -0.39 is 0 Å². The first kappa shape index (κ1) is 11.7. The molecule has 1 aromatic rings. The fraction of sp³-hybridized carbons (Fsp3) is 0.500. The Balaban J connectivity index is 2.50. The van der Waals surface area contributed by atoms with Crippen LogP contribution in [0.3, 0.4) is 0 Å². The summed E-state index contributed by atoms with van der Waals surface area (Å²) in [5, 5.41) is 3.24. The van der Waals surface area contributed by atoms with Gasteiger partial charge in [-0.15, -0.1) is 0 Å². The van der Waals surface area contributed by atoms with Crippen molar-refractivity contribution in [3.8, 4) is 0 Å². The van der Waals surface area contributed by atoms with Crippen LogP contribution in [0.2, 0.25) is 0 Å². The van der Waals surface area contributed by atoms with Crippen molar-refractivity contribution < 1.29 is 0 Å². The van der Waals surface area contributed by atoms with Gasteiger partial charge in [-0.3, -0.25) is 0 Å². The largest absolute Gasteiger partial charge is 0.303 e. The normalized spacial score (nSPS) is 10.9. The number of hydrogen-bond acceptors (Lipinski definition) is 1. The average Bonchev–Trinajstić information content (AvgIpc) is 2.16. The first-order chi connectivity index (χ1) is 6.72. The highest BCUT2D eigenvalue weighted by molar-refractivity contribution is 9.09. The molecule has 0 radical (unpaired) electrons. The van der Waals surface area contributed by atoms with E-state index in [0.29, 0.717) is 0 Å². The van der Waals surface area contributed by atoms with Gasteiger partial charge in [0.25, 0.3) is 0 Å². The van der Waals surface area contributed by atoms with Gasteiger partial charge < -0.3 is 5.32 Å². The highest BCUT2D eigenvalue weighted by Gasteiger charge is 1.97. The lowest BCUT2D eigenvalue weighted by molar-refractivity contribution is 0.647. The lowest BCUT2D eigenvalue weighted by Crippen LogP contribution is -2.09. The van der Waals surface area contributed by atoms with Crippen LogP contribution in [0.15, 0.2) is 24.3 Å². The standard InChI is InChI=1S/C12H18BrN/c1-10(2)7-11-3-5-12(6-4-11)8-14-9-13/h3-6,10,14H,7-9H2,1-2H3. The Labute approximate surface area is 95.0 Å². The molecule has 0 saturated heterocycles. The molecule has 0 aliphatic rings. The minimum absolute atomic E-state index is 0.738. The third-order valence-corrected chi connectivity index (χ3v) is 2.49. The molecule has 1 rings (SSSR count). The quantitative estimate of drug-likeness (QED) is 0.629. The fourth-order valence-corrected chi connectivity index (χ4v) is 1.65. The van der Waals surface area contributed by atoms with Crippen LogP contribution in [0.4, 0.5) is 0 Å². The van der Waals surface area contributed by atoms with Crippen LogP contribution in [-0.4, -0.2) is 5.45 Å². The molecule has 0 aromatic heterocycles. The predicted molar refractivity (Wildman–Crippen MR) is 65.6 cm³/mol. The van der Waals surface area contributed by atoms with Crippen molar-refractivity contribution in [2.45, 2.75) is 26.8 Å². The molecule has 1 aromatic carbocycles. The molecular weight excluding hydrogens is 238 g/mol. The van der Waals surface area contributed by atoms with E-state index in [0.717, 1.165) is 17.9 Å². The summed E-state index contributed by atoms with van der Waals surface area (Å²) in [5.41, 5.74) is 3.63. The first-order valence-corrected chi connectivity index (χ1v) is 6.19. The zero-order chi connectivity index (χ0) is 10.4. The van der Waals surface area contributed by atoms with E-state index >= 15 is 0 Å². The molecule has 14 heavy (non-hydrogen) atoms. The highest BCUT2D eigenvalue weighted by atomic mass is 79.9. The number of rotatable bonds is 5. The molecule has 0 spiro atoms. The van der Waals surface area contributed by atoms with E-state index in [1.54, 1.807) is 0 Å². The Kier molecular flexibility index (Phi) is 5.20. The van der Waals surface area contributed by atoms with Gasteiger partial charge in [-0.2, -0.15) is 0 Å². The molecule has 0 aliphatic heterocycles. The van der Waals surface area contributed by atoms with Gasteiger partial charge in [0.2, 0.25) is 0 Å². The Morgan fingerprint density at radius 3 is 2.21 bits per heavy atom. The van der Waals surface area contributed by atoms with Crippen molar-refractivity contribution in [2.75, 3.05) is 5.45 Å².